The molecule has 118 valence electrons. The largest absolute Gasteiger partial charge is 0.385 e. The summed E-state index contributed by atoms with van der Waals surface area (Å²) in [5, 5.41) is 2.71. The van der Waals surface area contributed by atoms with Crippen molar-refractivity contribution in [1.82, 2.24) is 4.57 Å². The molecule has 0 spiro atoms. The van der Waals surface area contributed by atoms with Crippen molar-refractivity contribution in [3.05, 3.63) is 28.7 Å². The first kappa shape index (κ1) is 17.4. The highest BCUT2D eigenvalue weighted by molar-refractivity contribution is 5.94. The lowest BCUT2D eigenvalue weighted by molar-refractivity contribution is -0.117. The highest BCUT2D eigenvalue weighted by Gasteiger charge is 2.13. The molecule has 1 unspecified atom stereocenters. The van der Waals surface area contributed by atoms with E-state index >= 15 is 0 Å². The quantitative estimate of drug-likeness (QED) is 0.634. The maximum atomic E-state index is 11.9. The minimum atomic E-state index is -0.598. The molecule has 0 saturated carbocycles. The van der Waals surface area contributed by atoms with E-state index in [1.54, 1.807) is 26.5 Å². The van der Waals surface area contributed by atoms with Crippen molar-refractivity contribution in [2.45, 2.75) is 25.4 Å². The SMILES string of the molecule is COCCCC(N)C(=O)Nc1ccc(=O)n(CCOC)c1. The van der Waals surface area contributed by atoms with Gasteiger partial charge in [-0.1, -0.05) is 0 Å². The van der Waals surface area contributed by atoms with Crippen LogP contribution in [0.25, 0.3) is 0 Å². The second-order valence-corrected chi connectivity index (χ2v) is 4.67. The van der Waals surface area contributed by atoms with Gasteiger partial charge in [0.15, 0.2) is 0 Å². The van der Waals surface area contributed by atoms with Crippen LogP contribution in [0.5, 0.6) is 0 Å². The summed E-state index contributed by atoms with van der Waals surface area (Å²) in [5.74, 6) is -0.275. The zero-order valence-corrected chi connectivity index (χ0v) is 12.5. The maximum absolute atomic E-state index is 11.9. The number of rotatable bonds is 9. The Labute approximate surface area is 124 Å². The molecule has 0 radical (unpaired) electrons. The minimum absolute atomic E-state index is 0.144. The topological polar surface area (TPSA) is 95.6 Å². The van der Waals surface area contributed by atoms with E-state index in [9.17, 15) is 9.59 Å². The van der Waals surface area contributed by atoms with Crippen LogP contribution in [0.15, 0.2) is 23.1 Å². The summed E-state index contributed by atoms with van der Waals surface area (Å²) < 4.78 is 11.3. The Morgan fingerprint density at radius 1 is 1.33 bits per heavy atom. The molecule has 0 fully saturated rings. The molecule has 0 saturated heterocycles. The number of anilines is 1. The standard InChI is InChI=1S/C14H23N3O4/c1-20-8-3-4-12(15)14(19)16-11-5-6-13(18)17(10-11)7-9-21-2/h5-6,10,12H,3-4,7-9,15H2,1-2H3,(H,16,19). The van der Waals surface area contributed by atoms with Gasteiger partial charge in [0.1, 0.15) is 0 Å². The van der Waals surface area contributed by atoms with Crippen molar-refractivity contribution >= 4 is 11.6 Å². The Kier molecular flexibility index (Phi) is 7.66. The molecule has 1 aromatic rings. The molecule has 1 heterocycles. The molecule has 0 aliphatic carbocycles. The highest BCUT2D eigenvalue weighted by atomic mass is 16.5. The van der Waals surface area contributed by atoms with Crippen molar-refractivity contribution in [3.63, 3.8) is 0 Å². The van der Waals surface area contributed by atoms with E-state index in [0.29, 0.717) is 31.9 Å². The fourth-order valence-electron chi connectivity index (χ4n) is 1.78. The van der Waals surface area contributed by atoms with Gasteiger partial charge in [0.2, 0.25) is 5.91 Å². The van der Waals surface area contributed by atoms with Gasteiger partial charge >= 0.3 is 0 Å². The molecule has 21 heavy (non-hydrogen) atoms. The van der Waals surface area contributed by atoms with Crippen LogP contribution < -0.4 is 16.6 Å². The first-order chi connectivity index (χ1) is 10.1. The number of nitrogens with zero attached hydrogens (tertiary/aromatic N) is 1. The second kappa shape index (κ2) is 9.28. The molecule has 1 rings (SSSR count). The first-order valence-corrected chi connectivity index (χ1v) is 6.83. The molecule has 7 nitrogen and oxygen atoms in total. The molecule has 3 N–H and O–H groups in total. The lowest BCUT2D eigenvalue weighted by atomic mass is 10.1. The number of nitrogens with two attached hydrogens (primary N) is 1. The fraction of sp³-hybridized carbons (Fsp3) is 0.571. The van der Waals surface area contributed by atoms with Gasteiger partial charge in [0.05, 0.1) is 18.3 Å². The summed E-state index contributed by atoms with van der Waals surface area (Å²) in [6.07, 6.45) is 2.85. The third-order valence-electron chi connectivity index (χ3n) is 2.99. The van der Waals surface area contributed by atoms with E-state index in [2.05, 4.69) is 5.32 Å². The summed E-state index contributed by atoms with van der Waals surface area (Å²) in [7, 11) is 3.17. The summed E-state index contributed by atoms with van der Waals surface area (Å²) in [5.41, 5.74) is 6.19. The predicted octanol–water partition coefficient (Wildman–Crippen LogP) is 0.187. The van der Waals surface area contributed by atoms with Crippen LogP contribution in [0.1, 0.15) is 12.8 Å². The van der Waals surface area contributed by atoms with E-state index in [-0.39, 0.29) is 11.5 Å². The highest BCUT2D eigenvalue weighted by Crippen LogP contribution is 2.05. The van der Waals surface area contributed by atoms with Crippen LogP contribution in [0, 0.1) is 0 Å². The second-order valence-electron chi connectivity index (χ2n) is 4.67. The first-order valence-electron chi connectivity index (χ1n) is 6.83. The van der Waals surface area contributed by atoms with Crippen LogP contribution in [-0.4, -0.2) is 43.9 Å². The molecular formula is C14H23N3O4. The van der Waals surface area contributed by atoms with E-state index in [1.165, 1.54) is 10.6 Å². The summed E-state index contributed by atoms with van der Waals surface area (Å²) in [4.78, 5) is 23.6. The lowest BCUT2D eigenvalue weighted by Gasteiger charge is -2.13. The van der Waals surface area contributed by atoms with E-state index in [4.69, 9.17) is 15.2 Å². The molecule has 0 aliphatic rings. The van der Waals surface area contributed by atoms with E-state index < -0.39 is 6.04 Å². The van der Waals surface area contributed by atoms with Crippen LogP contribution in [0.3, 0.4) is 0 Å². The number of pyridine rings is 1. The molecule has 0 aliphatic heterocycles. The minimum Gasteiger partial charge on any atom is -0.385 e. The number of hydrogen-bond donors (Lipinski definition) is 2. The zero-order valence-electron chi connectivity index (χ0n) is 12.5. The van der Waals surface area contributed by atoms with Crippen molar-refractivity contribution in [2.24, 2.45) is 5.73 Å². The Hall–Kier alpha value is -1.70. The third-order valence-corrected chi connectivity index (χ3v) is 2.99. The van der Waals surface area contributed by atoms with Gasteiger partial charge < -0.3 is 25.1 Å². The summed E-state index contributed by atoms with van der Waals surface area (Å²) in [6.45, 7) is 1.43. The monoisotopic (exact) mass is 297 g/mol. The van der Waals surface area contributed by atoms with E-state index in [1.807, 2.05) is 0 Å². The third kappa shape index (κ3) is 6.07. The fourth-order valence-corrected chi connectivity index (χ4v) is 1.78. The molecular weight excluding hydrogens is 274 g/mol. The van der Waals surface area contributed by atoms with Crippen molar-refractivity contribution in [2.75, 3.05) is 32.8 Å². The normalized spacial score (nSPS) is 12.1. The van der Waals surface area contributed by atoms with Gasteiger partial charge in [-0.05, 0) is 18.9 Å². The van der Waals surface area contributed by atoms with Crippen molar-refractivity contribution < 1.29 is 14.3 Å². The number of aromatic nitrogens is 1. The van der Waals surface area contributed by atoms with Crippen LogP contribution in [0.2, 0.25) is 0 Å². The van der Waals surface area contributed by atoms with Gasteiger partial charge in [-0.25, -0.2) is 0 Å². The Bertz CT molecular complexity index is 501. The zero-order chi connectivity index (χ0) is 15.7. The van der Waals surface area contributed by atoms with Gasteiger partial charge in [0, 0.05) is 39.6 Å². The molecule has 1 amide bonds. The van der Waals surface area contributed by atoms with Gasteiger partial charge in [0.25, 0.3) is 5.56 Å². The van der Waals surface area contributed by atoms with E-state index in [0.717, 1.165) is 6.42 Å². The number of nitrogens with one attached hydrogen (secondary N) is 1. The summed E-state index contributed by atoms with van der Waals surface area (Å²) >= 11 is 0. The molecule has 1 aromatic heterocycles. The molecule has 7 heteroatoms. The number of ether oxygens (including phenoxy) is 2. The number of amides is 1. The average molecular weight is 297 g/mol. The van der Waals surface area contributed by atoms with Crippen LogP contribution in [0.4, 0.5) is 5.69 Å². The number of methoxy groups -OCH3 is 2. The van der Waals surface area contributed by atoms with Gasteiger partial charge in [-0.3, -0.25) is 9.59 Å². The van der Waals surface area contributed by atoms with Crippen LogP contribution in [-0.2, 0) is 20.8 Å². The van der Waals surface area contributed by atoms with Gasteiger partial charge in [-0.2, -0.15) is 0 Å². The maximum Gasteiger partial charge on any atom is 0.250 e. The number of hydrogen-bond acceptors (Lipinski definition) is 5. The van der Waals surface area contributed by atoms with Gasteiger partial charge in [-0.15, -0.1) is 0 Å². The Morgan fingerprint density at radius 2 is 2.05 bits per heavy atom. The van der Waals surface area contributed by atoms with Crippen molar-refractivity contribution in [1.29, 1.82) is 0 Å². The predicted molar refractivity (Wildman–Crippen MR) is 80.3 cm³/mol. The molecule has 1 atom stereocenters. The Balaban J connectivity index is 2.61. The lowest BCUT2D eigenvalue weighted by Crippen LogP contribution is -2.36. The molecule has 0 bridgehead atoms. The average Bonchev–Trinajstić information content (AvgIpc) is 2.47. The number of carbonyl (C=O) groups is 1. The summed E-state index contributed by atoms with van der Waals surface area (Å²) in [6, 6.07) is 2.37. The Morgan fingerprint density at radius 3 is 2.71 bits per heavy atom. The van der Waals surface area contributed by atoms with Crippen molar-refractivity contribution in [3.8, 4) is 0 Å². The smallest absolute Gasteiger partial charge is 0.250 e. The van der Waals surface area contributed by atoms with Crippen LogP contribution >= 0.6 is 0 Å². The molecule has 0 aromatic carbocycles. The number of carbonyl (C=O) groups excluding carboxylic acids is 1.